The molecule has 2 atom stereocenters. The summed E-state index contributed by atoms with van der Waals surface area (Å²) in [6.45, 7) is 27.2. The van der Waals surface area contributed by atoms with Gasteiger partial charge in [0.25, 0.3) is 0 Å². The van der Waals surface area contributed by atoms with Crippen molar-refractivity contribution < 1.29 is 26.8 Å². The van der Waals surface area contributed by atoms with Gasteiger partial charge in [-0.05, 0) is 0 Å². The molecule has 0 fully saturated rings. The molecule has 0 heterocycles. The number of rotatable bonds is 6. The van der Waals surface area contributed by atoms with E-state index in [1.807, 2.05) is 0 Å². The van der Waals surface area contributed by atoms with E-state index in [1.54, 1.807) is 0 Å². The molecule has 0 bridgehead atoms. The first-order valence-electron chi connectivity index (χ1n) is 14.3. The molecular formula is C36H48O2Zr. The molecule has 0 spiro atoms. The van der Waals surface area contributed by atoms with E-state index in [-0.39, 0.29) is 17.1 Å². The minimum atomic E-state index is -4.46. The van der Waals surface area contributed by atoms with Crippen LogP contribution in [0.3, 0.4) is 0 Å². The molecule has 0 amide bonds. The first-order valence-corrected chi connectivity index (χ1v) is 18.7. The molecule has 2 unspecified atom stereocenters. The predicted molar refractivity (Wildman–Crippen MR) is 163 cm³/mol. The summed E-state index contributed by atoms with van der Waals surface area (Å²) in [7, 11) is 0. The van der Waals surface area contributed by atoms with Crippen LogP contribution < -0.4 is 5.63 Å². The molecule has 0 saturated heterocycles. The summed E-state index contributed by atoms with van der Waals surface area (Å²) in [6.07, 6.45) is 9.51. The van der Waals surface area contributed by atoms with Gasteiger partial charge in [0.2, 0.25) is 0 Å². The van der Waals surface area contributed by atoms with Gasteiger partial charge in [-0.25, -0.2) is 0 Å². The van der Waals surface area contributed by atoms with Gasteiger partial charge in [0, 0.05) is 0 Å². The molecule has 2 nitrogen and oxygen atoms in total. The Hall–Kier alpha value is -2.12. The van der Waals surface area contributed by atoms with Crippen molar-refractivity contribution in [3.8, 4) is 11.5 Å². The summed E-state index contributed by atoms with van der Waals surface area (Å²) >= 11 is -4.46. The Bertz CT molecular complexity index is 1280. The molecule has 0 aromatic heterocycles. The van der Waals surface area contributed by atoms with E-state index >= 15 is 0 Å². The molecule has 0 saturated carbocycles. The Morgan fingerprint density at radius 1 is 0.590 bits per heavy atom. The minimum absolute atomic E-state index is 0.0204. The molecular weight excluding hydrogens is 556 g/mol. The van der Waals surface area contributed by atoms with Crippen LogP contribution in [0.2, 0.25) is 6.25 Å². The van der Waals surface area contributed by atoms with Gasteiger partial charge in [-0.1, -0.05) is 0 Å². The maximum absolute atomic E-state index is 7.60. The van der Waals surface area contributed by atoms with Crippen LogP contribution in [0.1, 0.15) is 94.2 Å². The van der Waals surface area contributed by atoms with Crippen molar-refractivity contribution in [2.45, 2.75) is 100 Å². The van der Waals surface area contributed by atoms with Gasteiger partial charge in [-0.2, -0.15) is 0 Å². The topological polar surface area (TPSA) is 18.5 Å². The van der Waals surface area contributed by atoms with E-state index in [0.29, 0.717) is 0 Å². The summed E-state index contributed by atoms with van der Waals surface area (Å²) in [4.78, 5) is 0. The van der Waals surface area contributed by atoms with Crippen LogP contribution in [0.5, 0.6) is 11.5 Å². The number of benzene rings is 2. The molecule has 0 radical (unpaired) electrons. The monoisotopic (exact) mass is 602 g/mol. The van der Waals surface area contributed by atoms with Gasteiger partial charge in [0.1, 0.15) is 0 Å². The van der Waals surface area contributed by atoms with Crippen LogP contribution in [-0.4, -0.2) is 0 Å². The van der Waals surface area contributed by atoms with Crippen LogP contribution in [0.4, 0.5) is 0 Å². The van der Waals surface area contributed by atoms with Crippen molar-refractivity contribution in [1.29, 1.82) is 0 Å². The SMILES string of the molecule is CC1=C[C](C)([Zr]([O]c2cccc(C(C)(C)C)c2)([O]c2cccc(C(C)(C)C)c2)[C]2(C)C=C(C)C=C2C)C(C)=C1. The fourth-order valence-electron chi connectivity index (χ4n) is 6.28. The van der Waals surface area contributed by atoms with Gasteiger partial charge >= 0.3 is 245 Å². The molecule has 39 heavy (non-hydrogen) atoms. The van der Waals surface area contributed by atoms with Gasteiger partial charge < -0.3 is 0 Å². The third-order valence-electron chi connectivity index (χ3n) is 8.85. The van der Waals surface area contributed by atoms with E-state index in [2.05, 4.69) is 156 Å². The molecule has 0 aliphatic heterocycles. The fraction of sp³-hybridized carbons (Fsp3) is 0.444. The Balaban J connectivity index is 2.03. The zero-order valence-corrected chi connectivity index (χ0v) is 28.7. The van der Waals surface area contributed by atoms with Crippen LogP contribution in [0.25, 0.3) is 0 Å². The molecule has 4 rings (SSSR count). The average Bonchev–Trinajstić information content (AvgIpc) is 3.25. The van der Waals surface area contributed by atoms with Gasteiger partial charge in [-0.3, -0.25) is 0 Å². The zero-order valence-electron chi connectivity index (χ0n) is 26.2. The second-order valence-corrected chi connectivity index (χ2v) is 23.4. The van der Waals surface area contributed by atoms with Gasteiger partial charge in [0.15, 0.2) is 0 Å². The van der Waals surface area contributed by atoms with E-state index < -0.39 is 21.1 Å². The van der Waals surface area contributed by atoms with Crippen molar-refractivity contribution in [2.75, 3.05) is 0 Å². The molecule has 2 aliphatic carbocycles. The predicted octanol–water partition coefficient (Wildman–Crippen LogP) is 10.9. The standard InChI is InChI=1S/2C10H14O.2C8H11.Zr/c2*1-10(2,3)8-5-4-6-9(11)7-8;2*1-6-4-7(2)8(3)5-6;/h2*4-7,11H,1-3H3;2*4-5H,1-3H3;/q;;;;+2/p-2. The Morgan fingerprint density at radius 2 is 0.949 bits per heavy atom. The molecule has 3 heteroatoms. The zero-order chi connectivity index (χ0) is 29.0. The van der Waals surface area contributed by atoms with Crippen molar-refractivity contribution in [1.82, 2.24) is 0 Å². The van der Waals surface area contributed by atoms with Crippen LogP contribution in [0, 0.1) is 0 Å². The van der Waals surface area contributed by atoms with E-state index in [1.165, 1.54) is 33.4 Å². The number of hydrogen-bond donors (Lipinski definition) is 0. The number of allylic oxidation sites excluding steroid dienone is 8. The van der Waals surface area contributed by atoms with Gasteiger partial charge in [0.05, 0.1) is 0 Å². The first-order chi connectivity index (χ1) is 17.9. The second kappa shape index (κ2) is 10.1. The van der Waals surface area contributed by atoms with Crippen molar-refractivity contribution in [3.63, 3.8) is 0 Å². The molecule has 0 N–H and O–H groups in total. The summed E-state index contributed by atoms with van der Waals surface area (Å²) < 4.78 is 14.5. The van der Waals surface area contributed by atoms with Crippen LogP contribution in [0.15, 0.2) is 95.1 Å². The fourth-order valence-corrected chi connectivity index (χ4v) is 18.3. The van der Waals surface area contributed by atoms with Crippen LogP contribution in [-0.2, 0) is 32.0 Å². The summed E-state index contributed by atoms with van der Waals surface area (Å²) in [6, 6.07) is 17.4. The average molecular weight is 604 g/mol. The molecule has 2 aliphatic rings. The quantitative estimate of drug-likeness (QED) is 0.327. The molecule has 2 aromatic rings. The Labute approximate surface area is 243 Å². The first kappa shape index (κ1) is 29.9. The summed E-state index contributed by atoms with van der Waals surface area (Å²) in [5, 5.41) is 0. The van der Waals surface area contributed by atoms with E-state index in [9.17, 15) is 0 Å². The summed E-state index contributed by atoms with van der Waals surface area (Å²) in [5.74, 6) is 1.81. The van der Waals surface area contributed by atoms with Gasteiger partial charge in [-0.15, -0.1) is 0 Å². The second-order valence-electron chi connectivity index (χ2n) is 14.2. The third kappa shape index (κ3) is 5.33. The third-order valence-corrected chi connectivity index (χ3v) is 20.8. The van der Waals surface area contributed by atoms with Crippen molar-refractivity contribution in [3.05, 3.63) is 106 Å². The van der Waals surface area contributed by atoms with Crippen molar-refractivity contribution >= 4 is 0 Å². The molecule has 208 valence electrons. The van der Waals surface area contributed by atoms with Crippen LogP contribution >= 0.6 is 0 Å². The Kier molecular flexibility index (Phi) is 7.70. The molecule has 2 aromatic carbocycles. The number of hydrogen-bond acceptors (Lipinski definition) is 2. The summed E-state index contributed by atoms with van der Waals surface area (Å²) in [5.41, 5.74) is 7.77. The Morgan fingerprint density at radius 3 is 1.23 bits per heavy atom. The van der Waals surface area contributed by atoms with E-state index in [4.69, 9.17) is 5.63 Å². The maximum atomic E-state index is 7.60. The normalized spacial score (nSPS) is 23.7. The van der Waals surface area contributed by atoms with E-state index in [0.717, 1.165) is 11.5 Å². The van der Waals surface area contributed by atoms with Crippen molar-refractivity contribution in [2.24, 2.45) is 0 Å².